The van der Waals surface area contributed by atoms with E-state index in [1.807, 2.05) is 6.07 Å². The number of ether oxygens (including phenoxy) is 1. The zero-order valence-corrected chi connectivity index (χ0v) is 18.2. The zero-order chi connectivity index (χ0) is 26.3. The van der Waals surface area contributed by atoms with Crippen molar-refractivity contribution < 1.29 is 35.9 Å². The molecule has 2 amide bonds. The molecule has 0 saturated carbocycles. The first-order valence-electron chi connectivity index (χ1n) is 10.3. The lowest BCUT2D eigenvalue weighted by molar-refractivity contribution is -0.274. The lowest BCUT2D eigenvalue weighted by Crippen LogP contribution is -2.43. The number of benzene rings is 3. The van der Waals surface area contributed by atoms with Crippen LogP contribution in [-0.4, -0.2) is 12.4 Å². The van der Waals surface area contributed by atoms with E-state index in [1.165, 1.54) is 24.3 Å². The number of anilines is 1. The molecule has 188 valence electrons. The summed E-state index contributed by atoms with van der Waals surface area (Å²) in [6, 6.07) is 15.8. The van der Waals surface area contributed by atoms with Gasteiger partial charge in [-0.1, -0.05) is 24.3 Å². The first-order chi connectivity index (χ1) is 16.9. The Morgan fingerprint density at radius 2 is 1.61 bits per heavy atom. The first kappa shape index (κ1) is 26.4. The Labute approximate surface area is 201 Å². The molecule has 3 rings (SSSR count). The number of urea groups is 1. The van der Waals surface area contributed by atoms with E-state index in [0.29, 0.717) is 11.1 Å². The summed E-state index contributed by atoms with van der Waals surface area (Å²) in [5.74, 6) is -0.474. The highest BCUT2D eigenvalue weighted by Gasteiger charge is 2.32. The van der Waals surface area contributed by atoms with Crippen LogP contribution in [0.1, 0.15) is 28.3 Å². The number of nitrogens with one attached hydrogen (secondary N) is 3. The third-order valence-corrected chi connectivity index (χ3v) is 4.84. The smallest absolute Gasteiger partial charge is 0.406 e. The van der Waals surface area contributed by atoms with Gasteiger partial charge in [-0.05, 0) is 66.1 Å². The van der Waals surface area contributed by atoms with Crippen molar-refractivity contribution in [1.82, 2.24) is 10.9 Å². The van der Waals surface area contributed by atoms with Crippen molar-refractivity contribution in [2.45, 2.75) is 25.0 Å². The summed E-state index contributed by atoms with van der Waals surface area (Å²) in [7, 11) is 0. The number of hydrogen-bond donors (Lipinski definition) is 3. The van der Waals surface area contributed by atoms with Crippen LogP contribution in [0.15, 0.2) is 72.8 Å². The molecule has 0 aromatic heterocycles. The lowest BCUT2D eigenvalue weighted by atomic mass is 9.97. The molecule has 3 aromatic carbocycles. The van der Waals surface area contributed by atoms with Crippen molar-refractivity contribution in [3.05, 3.63) is 95.1 Å². The first-order valence-corrected chi connectivity index (χ1v) is 10.3. The normalized spacial score (nSPS) is 12.4. The van der Waals surface area contributed by atoms with Crippen LogP contribution in [0.5, 0.6) is 5.75 Å². The van der Waals surface area contributed by atoms with E-state index in [4.69, 9.17) is 5.26 Å². The van der Waals surface area contributed by atoms with Crippen LogP contribution >= 0.6 is 0 Å². The van der Waals surface area contributed by atoms with Crippen LogP contribution in [-0.2, 0) is 12.6 Å². The third-order valence-electron chi connectivity index (χ3n) is 4.84. The van der Waals surface area contributed by atoms with Gasteiger partial charge in [-0.3, -0.25) is 5.43 Å². The molecule has 0 heterocycles. The number of carbonyl (C=O) groups excluding carboxylic acids is 1. The average Bonchev–Trinajstić information content (AvgIpc) is 2.82. The van der Waals surface area contributed by atoms with Gasteiger partial charge >= 0.3 is 18.6 Å². The van der Waals surface area contributed by atoms with Crippen molar-refractivity contribution >= 4 is 11.7 Å². The number of alkyl halides is 6. The fraction of sp³-hybridized carbons (Fsp3) is 0.167. The van der Waals surface area contributed by atoms with Crippen molar-refractivity contribution in [3.63, 3.8) is 0 Å². The molecular formula is C24H18F6N4O2. The van der Waals surface area contributed by atoms with E-state index in [2.05, 4.69) is 20.9 Å². The third kappa shape index (κ3) is 7.92. The average molecular weight is 508 g/mol. The SMILES string of the molecule is N#Cc1ccc(CC(NNC(=O)Nc2ccc(OC(F)(F)F)cc2)c2cccc(C(F)(F)F)c2)cc1. The minimum atomic E-state index is -4.86. The number of carbonyl (C=O) groups is 1. The Kier molecular flexibility index (Phi) is 8.06. The minimum Gasteiger partial charge on any atom is -0.406 e. The number of nitrogens with zero attached hydrogens (tertiary/aromatic N) is 1. The van der Waals surface area contributed by atoms with E-state index in [9.17, 15) is 31.1 Å². The molecule has 0 fully saturated rings. The van der Waals surface area contributed by atoms with Crippen LogP contribution in [0.4, 0.5) is 36.8 Å². The Bertz CT molecular complexity index is 1220. The molecule has 6 nitrogen and oxygen atoms in total. The summed E-state index contributed by atoms with van der Waals surface area (Å²) in [6.07, 6.45) is -9.26. The number of hydrogen-bond acceptors (Lipinski definition) is 4. The van der Waals surface area contributed by atoms with Gasteiger partial charge in [0.1, 0.15) is 5.75 Å². The van der Waals surface area contributed by atoms with Crippen LogP contribution in [0.2, 0.25) is 0 Å². The Balaban J connectivity index is 1.72. The van der Waals surface area contributed by atoms with Gasteiger partial charge in [-0.2, -0.15) is 18.4 Å². The molecule has 0 aliphatic heterocycles. The van der Waals surface area contributed by atoms with Crippen molar-refractivity contribution in [2.75, 3.05) is 5.32 Å². The maximum Gasteiger partial charge on any atom is 0.573 e. The van der Waals surface area contributed by atoms with Crippen LogP contribution in [0.3, 0.4) is 0 Å². The fourth-order valence-electron chi connectivity index (χ4n) is 3.19. The van der Waals surface area contributed by atoms with Gasteiger partial charge in [-0.15, -0.1) is 13.2 Å². The highest BCUT2D eigenvalue weighted by Crippen LogP contribution is 2.31. The molecule has 36 heavy (non-hydrogen) atoms. The predicted molar refractivity (Wildman–Crippen MR) is 117 cm³/mol. The summed E-state index contributed by atoms with van der Waals surface area (Å²) < 4.78 is 80.2. The van der Waals surface area contributed by atoms with Gasteiger partial charge in [0.15, 0.2) is 0 Å². The summed E-state index contributed by atoms with van der Waals surface area (Å²) in [5, 5.41) is 11.3. The number of halogens is 6. The van der Waals surface area contributed by atoms with E-state index in [-0.39, 0.29) is 17.7 Å². The number of hydrazine groups is 1. The van der Waals surface area contributed by atoms with Gasteiger partial charge in [0.2, 0.25) is 0 Å². The number of amides is 2. The summed E-state index contributed by atoms with van der Waals surface area (Å²) >= 11 is 0. The van der Waals surface area contributed by atoms with Crippen molar-refractivity contribution in [1.29, 1.82) is 5.26 Å². The lowest BCUT2D eigenvalue weighted by Gasteiger charge is -2.21. The molecule has 3 N–H and O–H groups in total. The highest BCUT2D eigenvalue weighted by atomic mass is 19.4. The molecule has 0 radical (unpaired) electrons. The maximum absolute atomic E-state index is 13.2. The molecule has 12 heteroatoms. The molecule has 0 spiro atoms. The standard InChI is InChI=1S/C24H18F6N4O2/c25-23(26,27)18-3-1-2-17(13-18)21(12-15-4-6-16(14-31)7-5-15)33-34-22(35)32-19-8-10-20(11-9-19)36-24(28,29)30/h1-11,13,21,33H,12H2,(H2,32,34,35). The quantitative estimate of drug-likeness (QED) is 0.267. The fourth-order valence-corrected chi connectivity index (χ4v) is 3.19. The largest absolute Gasteiger partial charge is 0.573 e. The molecule has 0 bridgehead atoms. The molecule has 0 aliphatic rings. The minimum absolute atomic E-state index is 0.145. The Morgan fingerprint density at radius 1 is 0.944 bits per heavy atom. The zero-order valence-electron chi connectivity index (χ0n) is 18.2. The van der Waals surface area contributed by atoms with E-state index >= 15 is 0 Å². The van der Waals surface area contributed by atoms with Gasteiger partial charge in [0.05, 0.1) is 23.2 Å². The number of rotatable bonds is 7. The van der Waals surface area contributed by atoms with Gasteiger partial charge < -0.3 is 10.1 Å². The molecule has 0 saturated heterocycles. The molecule has 1 atom stereocenters. The number of nitriles is 1. The Morgan fingerprint density at radius 3 is 2.19 bits per heavy atom. The Hall–Kier alpha value is -4.24. The van der Waals surface area contributed by atoms with Gasteiger partial charge in [0.25, 0.3) is 0 Å². The second-order valence-corrected chi connectivity index (χ2v) is 7.48. The predicted octanol–water partition coefficient (Wildman–Crippen LogP) is 6.09. The summed E-state index contributed by atoms with van der Waals surface area (Å²) in [6.45, 7) is 0. The van der Waals surface area contributed by atoms with Gasteiger partial charge in [-0.25, -0.2) is 10.2 Å². The topological polar surface area (TPSA) is 86.2 Å². The van der Waals surface area contributed by atoms with Crippen molar-refractivity contribution in [2.24, 2.45) is 0 Å². The second-order valence-electron chi connectivity index (χ2n) is 7.48. The maximum atomic E-state index is 13.2. The van der Waals surface area contributed by atoms with Crippen LogP contribution < -0.4 is 20.9 Å². The van der Waals surface area contributed by atoms with E-state index in [0.717, 1.165) is 24.3 Å². The van der Waals surface area contributed by atoms with E-state index in [1.54, 1.807) is 24.3 Å². The van der Waals surface area contributed by atoms with Crippen LogP contribution in [0, 0.1) is 11.3 Å². The highest BCUT2D eigenvalue weighted by molar-refractivity contribution is 5.88. The van der Waals surface area contributed by atoms with Crippen LogP contribution in [0.25, 0.3) is 0 Å². The molecular weight excluding hydrogens is 490 g/mol. The van der Waals surface area contributed by atoms with E-state index < -0.39 is 35.9 Å². The molecule has 0 aliphatic carbocycles. The summed E-state index contributed by atoms with van der Waals surface area (Å²) in [4.78, 5) is 12.3. The summed E-state index contributed by atoms with van der Waals surface area (Å²) in [5.41, 5.74) is 5.64. The molecule has 1 unspecified atom stereocenters. The second kappa shape index (κ2) is 11.0. The molecule has 3 aromatic rings. The van der Waals surface area contributed by atoms with Gasteiger partial charge in [0, 0.05) is 5.69 Å². The van der Waals surface area contributed by atoms with Crippen molar-refractivity contribution in [3.8, 4) is 11.8 Å². The monoisotopic (exact) mass is 508 g/mol.